The molecule has 11 heteroatoms. The molecule has 0 atom stereocenters. The molecule has 2 fully saturated rings. The summed E-state index contributed by atoms with van der Waals surface area (Å²) >= 11 is 6.67. The van der Waals surface area contributed by atoms with Gasteiger partial charge >= 0.3 is 6.09 Å². The molecular formula is C29H41ClN4O6. The Balaban J connectivity index is 1.65. The fourth-order valence-corrected chi connectivity index (χ4v) is 5.94. The molecule has 0 bridgehead atoms. The summed E-state index contributed by atoms with van der Waals surface area (Å²) in [6, 6.07) is 1.80. The van der Waals surface area contributed by atoms with E-state index in [4.69, 9.17) is 25.8 Å². The highest BCUT2D eigenvalue weighted by Crippen LogP contribution is 2.39. The van der Waals surface area contributed by atoms with Gasteiger partial charge in [-0.1, -0.05) is 11.6 Å². The van der Waals surface area contributed by atoms with Crippen LogP contribution in [0.15, 0.2) is 10.9 Å². The number of rotatable bonds is 5. The third-order valence-corrected chi connectivity index (χ3v) is 8.04. The summed E-state index contributed by atoms with van der Waals surface area (Å²) < 4.78 is 19.8. The number of piperidine rings is 2. The van der Waals surface area contributed by atoms with Crippen LogP contribution >= 0.6 is 11.6 Å². The zero-order chi connectivity index (χ0) is 29.4. The Bertz CT molecular complexity index is 1340. The van der Waals surface area contributed by atoms with E-state index in [0.29, 0.717) is 86.4 Å². The lowest BCUT2D eigenvalue weighted by atomic mass is 9.84. The minimum absolute atomic E-state index is 0.0120. The molecule has 2 aliphatic heterocycles. The van der Waals surface area contributed by atoms with Crippen LogP contribution in [0.4, 0.5) is 4.79 Å². The molecule has 2 saturated heterocycles. The average Bonchev–Trinajstić information content (AvgIpc) is 2.88. The molecule has 0 saturated carbocycles. The van der Waals surface area contributed by atoms with Crippen molar-refractivity contribution in [3.8, 4) is 5.75 Å². The first kappa shape index (κ1) is 30.1. The number of nitrogens with zero attached hydrogens (tertiary/aromatic N) is 4. The van der Waals surface area contributed by atoms with E-state index in [0.717, 1.165) is 0 Å². The summed E-state index contributed by atoms with van der Waals surface area (Å²) in [5.74, 6) is 0.524. The van der Waals surface area contributed by atoms with Crippen molar-refractivity contribution in [3.05, 3.63) is 32.8 Å². The van der Waals surface area contributed by atoms with Crippen LogP contribution in [0.1, 0.15) is 71.6 Å². The molecule has 0 aromatic carbocycles. The van der Waals surface area contributed by atoms with Crippen LogP contribution in [0.3, 0.4) is 0 Å². The molecule has 0 aliphatic carbocycles. The number of aromatic nitrogens is 2. The van der Waals surface area contributed by atoms with Gasteiger partial charge in [0, 0.05) is 65.0 Å². The number of fused-ring (bicyclic) bond motifs is 1. The fourth-order valence-electron chi connectivity index (χ4n) is 5.67. The van der Waals surface area contributed by atoms with Crippen molar-refractivity contribution in [1.29, 1.82) is 0 Å². The summed E-state index contributed by atoms with van der Waals surface area (Å²) in [6.07, 6.45) is 1.77. The Labute approximate surface area is 240 Å². The van der Waals surface area contributed by atoms with Crippen LogP contribution in [0, 0.1) is 6.92 Å². The molecule has 0 N–H and O–H groups in total. The van der Waals surface area contributed by atoms with Crippen molar-refractivity contribution in [3.63, 3.8) is 0 Å². The summed E-state index contributed by atoms with van der Waals surface area (Å²) in [4.78, 5) is 46.4. The monoisotopic (exact) mass is 576 g/mol. The lowest BCUT2D eigenvalue weighted by Crippen LogP contribution is -2.48. The highest BCUT2D eigenvalue weighted by atomic mass is 35.5. The van der Waals surface area contributed by atoms with Gasteiger partial charge in [0.05, 0.1) is 16.8 Å². The Morgan fingerprint density at radius 2 is 1.75 bits per heavy atom. The smallest absolute Gasteiger partial charge is 0.410 e. The maximum absolute atomic E-state index is 13.9. The van der Waals surface area contributed by atoms with Crippen LogP contribution in [-0.4, -0.2) is 75.8 Å². The van der Waals surface area contributed by atoms with Crippen molar-refractivity contribution in [2.75, 3.05) is 32.8 Å². The van der Waals surface area contributed by atoms with E-state index in [2.05, 4.69) is 4.98 Å². The SMILES string of the molecule is CCOC1(c2cc3c(Cl)nc(C)c(OC4CCN(C(=O)OC(C)(C)C)CC4)c3n(C)c2=O)CCN(C(C)=O)CC1. The van der Waals surface area contributed by atoms with E-state index >= 15 is 0 Å². The van der Waals surface area contributed by atoms with Gasteiger partial charge in [-0.25, -0.2) is 9.78 Å². The lowest BCUT2D eigenvalue weighted by molar-refractivity contribution is -0.136. The van der Waals surface area contributed by atoms with E-state index in [1.165, 1.54) is 0 Å². The van der Waals surface area contributed by atoms with Gasteiger partial charge in [-0.15, -0.1) is 0 Å². The van der Waals surface area contributed by atoms with Gasteiger partial charge in [-0.05, 0) is 53.5 Å². The van der Waals surface area contributed by atoms with E-state index in [-0.39, 0.29) is 28.8 Å². The third kappa shape index (κ3) is 6.07. The summed E-state index contributed by atoms with van der Waals surface area (Å²) in [7, 11) is 1.71. The van der Waals surface area contributed by atoms with Crippen molar-refractivity contribution in [2.45, 2.75) is 84.5 Å². The van der Waals surface area contributed by atoms with Gasteiger partial charge in [-0.2, -0.15) is 0 Å². The predicted octanol–water partition coefficient (Wildman–Crippen LogP) is 4.55. The predicted molar refractivity (Wildman–Crippen MR) is 153 cm³/mol. The topological polar surface area (TPSA) is 103 Å². The standard InChI is InChI=1S/C29H41ClN4O6/c1-8-38-29(11-15-33(16-12-29)19(3)35)22-17-21-23(32(7)26(22)36)24(18(2)31-25(21)30)39-20-9-13-34(14-10-20)27(37)40-28(4,5)6/h17,20H,8-16H2,1-7H3. The van der Waals surface area contributed by atoms with Gasteiger partial charge in [0.25, 0.3) is 5.56 Å². The van der Waals surface area contributed by atoms with Crippen LogP contribution in [0.5, 0.6) is 5.75 Å². The second-order valence-corrected chi connectivity index (χ2v) is 12.1. The zero-order valence-electron chi connectivity index (χ0n) is 24.6. The third-order valence-electron chi connectivity index (χ3n) is 7.75. The molecule has 0 unspecified atom stereocenters. The molecule has 2 aromatic rings. The van der Waals surface area contributed by atoms with E-state index in [1.54, 1.807) is 34.4 Å². The number of ether oxygens (including phenoxy) is 3. The van der Waals surface area contributed by atoms with Crippen LogP contribution < -0.4 is 10.3 Å². The van der Waals surface area contributed by atoms with Crippen molar-refractivity contribution < 1.29 is 23.8 Å². The number of hydrogen-bond donors (Lipinski definition) is 0. The first-order chi connectivity index (χ1) is 18.8. The Hall–Kier alpha value is -2.85. The first-order valence-corrected chi connectivity index (χ1v) is 14.4. The van der Waals surface area contributed by atoms with Gasteiger partial charge < -0.3 is 28.6 Å². The van der Waals surface area contributed by atoms with Gasteiger partial charge in [-0.3, -0.25) is 9.59 Å². The molecule has 2 aromatic heterocycles. The molecule has 40 heavy (non-hydrogen) atoms. The highest BCUT2D eigenvalue weighted by Gasteiger charge is 2.41. The number of aryl methyl sites for hydroxylation is 2. The normalized spacial score (nSPS) is 18.2. The molecule has 2 amide bonds. The van der Waals surface area contributed by atoms with E-state index in [1.807, 2.05) is 34.6 Å². The Morgan fingerprint density at radius 1 is 1.12 bits per heavy atom. The number of amides is 2. The summed E-state index contributed by atoms with van der Waals surface area (Å²) in [5, 5.41) is 0.892. The van der Waals surface area contributed by atoms with E-state index in [9.17, 15) is 14.4 Å². The Kier molecular flexibility index (Phi) is 8.71. The Morgan fingerprint density at radius 3 is 2.30 bits per heavy atom. The molecule has 2 aliphatic rings. The molecule has 0 radical (unpaired) electrons. The zero-order valence-corrected chi connectivity index (χ0v) is 25.4. The summed E-state index contributed by atoms with van der Waals surface area (Å²) in [5.41, 5.74) is 0.107. The van der Waals surface area contributed by atoms with Gasteiger partial charge in [0.1, 0.15) is 22.5 Å². The molecule has 4 heterocycles. The van der Waals surface area contributed by atoms with E-state index < -0.39 is 11.2 Å². The van der Waals surface area contributed by atoms with Crippen LogP contribution in [-0.2, 0) is 26.9 Å². The second kappa shape index (κ2) is 11.6. The largest absolute Gasteiger partial charge is 0.486 e. The maximum Gasteiger partial charge on any atom is 0.410 e. The van der Waals surface area contributed by atoms with Gasteiger partial charge in [0.15, 0.2) is 5.75 Å². The average molecular weight is 577 g/mol. The minimum atomic E-state index is -0.826. The molecule has 0 spiro atoms. The first-order valence-electron chi connectivity index (χ1n) is 14.0. The quantitative estimate of drug-likeness (QED) is 0.481. The fraction of sp³-hybridized carbons (Fsp3) is 0.655. The number of pyridine rings is 2. The molecule has 220 valence electrons. The lowest BCUT2D eigenvalue weighted by Gasteiger charge is -2.41. The number of likely N-dealkylation sites (tertiary alicyclic amines) is 2. The molecular weight excluding hydrogens is 536 g/mol. The van der Waals surface area contributed by atoms with Crippen molar-refractivity contribution in [1.82, 2.24) is 19.4 Å². The highest BCUT2D eigenvalue weighted by molar-refractivity contribution is 6.34. The minimum Gasteiger partial charge on any atom is -0.486 e. The van der Waals surface area contributed by atoms with Crippen LogP contribution in [0.2, 0.25) is 5.15 Å². The molecule has 4 rings (SSSR count). The maximum atomic E-state index is 13.9. The number of halogens is 1. The molecule has 10 nitrogen and oxygen atoms in total. The summed E-state index contributed by atoms with van der Waals surface area (Å²) in [6.45, 7) is 13.3. The number of hydrogen-bond acceptors (Lipinski definition) is 7. The second-order valence-electron chi connectivity index (χ2n) is 11.7. The van der Waals surface area contributed by atoms with Crippen molar-refractivity contribution >= 4 is 34.5 Å². The van der Waals surface area contributed by atoms with Gasteiger partial charge in [0.2, 0.25) is 5.91 Å². The van der Waals surface area contributed by atoms with Crippen molar-refractivity contribution in [2.24, 2.45) is 7.05 Å². The van der Waals surface area contributed by atoms with Crippen LogP contribution in [0.25, 0.3) is 10.9 Å². The number of carbonyl (C=O) groups excluding carboxylic acids is 2. The number of carbonyl (C=O) groups is 2.